The predicted octanol–water partition coefficient (Wildman–Crippen LogP) is 22.6. The van der Waals surface area contributed by atoms with Crippen molar-refractivity contribution < 1.29 is 9.59 Å². The fraction of sp³-hybridized carbons (Fsp3) is 0.904. The van der Waals surface area contributed by atoms with E-state index in [1.54, 1.807) is 0 Å². The Bertz CT molecular complexity index is 1310. The second-order valence-corrected chi connectivity index (χ2v) is 25.1. The van der Waals surface area contributed by atoms with Crippen molar-refractivity contribution in [3.8, 4) is 0 Å². The van der Waals surface area contributed by atoms with Gasteiger partial charge >= 0.3 is 0 Å². The van der Waals surface area contributed by atoms with Crippen molar-refractivity contribution in [3.05, 3.63) is 24.3 Å². The maximum Gasteiger partial charge on any atom is 0.245 e. The first-order valence-corrected chi connectivity index (χ1v) is 36.4. The highest BCUT2D eigenvalue weighted by molar-refractivity contribution is 5.88. The minimum absolute atomic E-state index is 0.0373. The monoisotopic (exact) mass is 1120 g/mol. The van der Waals surface area contributed by atoms with Gasteiger partial charge in [-0.2, -0.15) is 0 Å². The van der Waals surface area contributed by atoms with E-state index in [-0.39, 0.29) is 23.7 Å². The van der Waals surface area contributed by atoms with Crippen LogP contribution in [0, 0.1) is 5.92 Å². The Balaban J connectivity index is 5.61. The molecule has 0 aromatic rings. The van der Waals surface area contributed by atoms with Gasteiger partial charge < -0.3 is 21.7 Å². The van der Waals surface area contributed by atoms with Crippen LogP contribution in [0.4, 0.5) is 0 Å². The van der Waals surface area contributed by atoms with Crippen LogP contribution in [-0.2, 0) is 9.59 Å². The zero-order valence-corrected chi connectivity index (χ0v) is 54.8. The van der Waals surface area contributed by atoms with Gasteiger partial charge in [-0.3, -0.25) is 14.6 Å². The van der Waals surface area contributed by atoms with Gasteiger partial charge in [-0.1, -0.05) is 335 Å². The fourth-order valence-electron chi connectivity index (χ4n) is 11.7. The fourth-order valence-corrected chi connectivity index (χ4v) is 11.7. The Kier molecular flexibility index (Phi) is 63.9. The number of guanidine groups is 1. The Morgan fingerprint density at radius 2 is 0.600 bits per heavy atom. The summed E-state index contributed by atoms with van der Waals surface area (Å²) in [4.78, 5) is 35.8. The summed E-state index contributed by atoms with van der Waals surface area (Å²) in [5.74, 6) is 0.0863. The first-order valence-electron chi connectivity index (χ1n) is 36.4. The number of carbonyl (C=O) groups excluding carboxylic acids is 2. The third kappa shape index (κ3) is 57.5. The maximum absolute atomic E-state index is 14.8. The topological polar surface area (TPSA) is 114 Å². The highest BCUT2D eigenvalue weighted by atomic mass is 16.2. The Hall–Kier alpha value is -2.31. The molecular formula is C73H143N5O2. The van der Waals surface area contributed by atoms with Gasteiger partial charge in [-0.15, -0.1) is 0 Å². The molecule has 7 heteroatoms. The second-order valence-electron chi connectivity index (χ2n) is 25.1. The van der Waals surface area contributed by atoms with E-state index in [0.29, 0.717) is 13.0 Å². The number of nitrogens with zero attached hydrogens (tertiary/aromatic N) is 2. The third-order valence-corrected chi connectivity index (χ3v) is 17.2. The van der Waals surface area contributed by atoms with Crippen LogP contribution in [0.15, 0.2) is 29.3 Å². The van der Waals surface area contributed by atoms with Crippen molar-refractivity contribution in [1.82, 2.24) is 10.2 Å². The summed E-state index contributed by atoms with van der Waals surface area (Å²) in [7, 11) is 0. The number of aliphatic imine (C=N–C) groups is 1. The number of unbranched alkanes of at least 4 members (excludes halogenated alkanes) is 48. The Morgan fingerprint density at radius 3 is 0.875 bits per heavy atom. The maximum atomic E-state index is 14.8. The van der Waals surface area contributed by atoms with Gasteiger partial charge in [0.15, 0.2) is 5.96 Å². The molecule has 0 rings (SSSR count). The van der Waals surface area contributed by atoms with Crippen LogP contribution in [0.3, 0.4) is 0 Å². The van der Waals surface area contributed by atoms with E-state index in [2.05, 4.69) is 67.2 Å². The second kappa shape index (κ2) is 65.8. The van der Waals surface area contributed by atoms with Crippen LogP contribution in [0.5, 0.6) is 0 Å². The average molecular weight is 1120 g/mol. The molecule has 5 N–H and O–H groups in total. The quantitative estimate of drug-likeness (QED) is 0.0244. The van der Waals surface area contributed by atoms with E-state index in [1.807, 2.05) is 0 Å². The molecule has 0 fully saturated rings. The molecule has 2 atom stereocenters. The van der Waals surface area contributed by atoms with Crippen LogP contribution in [0.2, 0.25) is 0 Å². The summed E-state index contributed by atoms with van der Waals surface area (Å²) in [6, 6.07) is -0.616. The highest BCUT2D eigenvalue weighted by Crippen LogP contribution is 2.22. The largest absolute Gasteiger partial charge is 0.370 e. The molecular weight excluding hydrogens is 979 g/mol. The van der Waals surface area contributed by atoms with Crippen molar-refractivity contribution in [2.45, 2.75) is 400 Å². The van der Waals surface area contributed by atoms with E-state index < -0.39 is 6.04 Å². The minimum Gasteiger partial charge on any atom is -0.370 e. The van der Waals surface area contributed by atoms with Gasteiger partial charge in [-0.05, 0) is 83.5 Å². The molecule has 0 heterocycles. The van der Waals surface area contributed by atoms with E-state index in [9.17, 15) is 9.59 Å². The van der Waals surface area contributed by atoms with Crippen LogP contribution < -0.4 is 16.8 Å². The number of hydrogen-bond donors (Lipinski definition) is 3. The van der Waals surface area contributed by atoms with Gasteiger partial charge in [0.25, 0.3) is 0 Å². The summed E-state index contributed by atoms with van der Waals surface area (Å²) >= 11 is 0. The molecule has 0 saturated heterocycles. The lowest BCUT2D eigenvalue weighted by atomic mass is 9.92. The van der Waals surface area contributed by atoms with Gasteiger partial charge in [0.1, 0.15) is 6.04 Å². The molecule has 0 aliphatic heterocycles. The summed E-state index contributed by atoms with van der Waals surface area (Å²) < 4.78 is 0. The minimum atomic E-state index is -0.616. The smallest absolute Gasteiger partial charge is 0.245 e. The SMILES string of the molecule is CCCCCCCC/C=C\CCCCCCCCC(CCCCCC/C=C\CCCCCCCC)C(=O)N[C@@H](CCN=C(N)N)C(=O)N(CCCCCCCCCCCCCCCC)CCCCCCCCCCCCCCCC. The lowest BCUT2D eigenvalue weighted by molar-refractivity contribution is -0.138. The van der Waals surface area contributed by atoms with Crippen LogP contribution in [0.25, 0.3) is 0 Å². The van der Waals surface area contributed by atoms with Gasteiger partial charge in [0.05, 0.1) is 0 Å². The molecule has 0 radical (unpaired) electrons. The molecule has 2 amide bonds. The summed E-state index contributed by atoms with van der Waals surface area (Å²) in [6.45, 7) is 11.0. The molecule has 80 heavy (non-hydrogen) atoms. The van der Waals surface area contributed by atoms with Crippen molar-refractivity contribution in [3.63, 3.8) is 0 Å². The first kappa shape index (κ1) is 77.7. The van der Waals surface area contributed by atoms with Gasteiger partial charge in [-0.25, -0.2) is 0 Å². The highest BCUT2D eigenvalue weighted by Gasteiger charge is 2.28. The molecule has 0 aliphatic carbocycles. The lowest BCUT2D eigenvalue weighted by Gasteiger charge is -2.29. The molecule has 0 bridgehead atoms. The molecule has 1 unspecified atom stereocenters. The Labute approximate surface area is 501 Å². The molecule has 0 aromatic carbocycles. The predicted molar refractivity (Wildman–Crippen MR) is 357 cm³/mol. The first-order chi connectivity index (χ1) is 39.4. The number of carbonyl (C=O) groups is 2. The van der Waals surface area contributed by atoms with E-state index in [4.69, 9.17) is 11.5 Å². The molecule has 0 aromatic heterocycles. The zero-order valence-electron chi connectivity index (χ0n) is 54.8. The number of amides is 2. The number of allylic oxidation sites excluding steroid dienone is 4. The van der Waals surface area contributed by atoms with Crippen LogP contribution in [-0.4, -0.2) is 48.3 Å². The van der Waals surface area contributed by atoms with Crippen molar-refractivity contribution in [2.24, 2.45) is 22.4 Å². The summed E-state index contributed by atoms with van der Waals surface area (Å²) in [5, 5.41) is 3.38. The van der Waals surface area contributed by atoms with Gasteiger partial charge in [0, 0.05) is 25.6 Å². The normalized spacial score (nSPS) is 12.5. The number of hydrogen-bond acceptors (Lipinski definition) is 3. The van der Waals surface area contributed by atoms with Crippen LogP contribution >= 0.6 is 0 Å². The number of nitrogens with one attached hydrogen (secondary N) is 1. The Morgan fingerprint density at radius 1 is 0.350 bits per heavy atom. The number of nitrogens with two attached hydrogens (primary N) is 2. The van der Waals surface area contributed by atoms with Crippen molar-refractivity contribution >= 4 is 17.8 Å². The third-order valence-electron chi connectivity index (χ3n) is 17.2. The van der Waals surface area contributed by atoms with Gasteiger partial charge in [0.2, 0.25) is 11.8 Å². The van der Waals surface area contributed by atoms with E-state index in [1.165, 1.54) is 295 Å². The average Bonchev–Trinajstić information content (AvgIpc) is 3.46. The van der Waals surface area contributed by atoms with E-state index >= 15 is 0 Å². The van der Waals surface area contributed by atoms with Crippen LogP contribution in [0.1, 0.15) is 394 Å². The van der Waals surface area contributed by atoms with Crippen molar-refractivity contribution in [2.75, 3.05) is 19.6 Å². The van der Waals surface area contributed by atoms with Crippen molar-refractivity contribution in [1.29, 1.82) is 0 Å². The molecule has 0 aliphatic rings. The molecule has 0 saturated carbocycles. The summed E-state index contributed by atoms with van der Waals surface area (Å²) in [6.07, 6.45) is 81.8. The molecule has 7 nitrogen and oxygen atoms in total. The molecule has 472 valence electrons. The molecule has 0 spiro atoms. The standard InChI is InChI=1S/C73H143N5O2/c1-5-9-13-17-21-25-29-33-37-38-40-44-48-52-56-60-64-69(63-59-55-51-47-43-39-34-30-26-22-18-14-10-6-2)71(79)77-70(65-66-76-73(74)75)72(80)78(67-61-57-53-49-45-41-35-31-27-23-19-15-11-7-3)68-62-58-54-50-46-42-36-32-28-24-20-16-12-8-4/h33-34,37,39,69-70H,5-32,35-36,38,40-68H2,1-4H3,(H,77,79)(H4,74,75,76)/b37-33-,39-34-/t69?,70-/m0/s1. The zero-order chi connectivity index (χ0) is 58.1. The summed E-state index contributed by atoms with van der Waals surface area (Å²) in [5.41, 5.74) is 11.7. The lowest BCUT2D eigenvalue weighted by Crippen LogP contribution is -2.51. The number of rotatable bonds is 66. The van der Waals surface area contributed by atoms with E-state index in [0.717, 1.165) is 77.3 Å².